The summed E-state index contributed by atoms with van der Waals surface area (Å²) in [6, 6.07) is 11.6. The van der Waals surface area contributed by atoms with Gasteiger partial charge in [-0.2, -0.15) is 4.31 Å². The number of likely N-dealkylation sites (tertiary alicyclic amines) is 1. The molecule has 2 aliphatic heterocycles. The van der Waals surface area contributed by atoms with E-state index in [1.165, 1.54) is 16.4 Å². The predicted molar refractivity (Wildman–Crippen MR) is 144 cm³/mol. The Labute approximate surface area is 227 Å². The Morgan fingerprint density at radius 3 is 2.51 bits per heavy atom. The molecule has 2 fully saturated rings. The SMILES string of the molecule is CCOC(=O)N1CCC(NC(=O)c2cc(-c3ccccn3)nc3ccc(S(=O)(=O)N4CCOCC4)cc23)CC1. The van der Waals surface area contributed by atoms with Gasteiger partial charge < -0.3 is 19.7 Å². The van der Waals surface area contributed by atoms with E-state index in [4.69, 9.17) is 9.47 Å². The van der Waals surface area contributed by atoms with Gasteiger partial charge in [-0.1, -0.05) is 6.07 Å². The number of nitrogens with one attached hydrogen (secondary N) is 1. The van der Waals surface area contributed by atoms with Gasteiger partial charge in [0.2, 0.25) is 10.0 Å². The lowest BCUT2D eigenvalue weighted by molar-refractivity contribution is 0.0730. The number of hydrogen-bond acceptors (Lipinski definition) is 8. The molecule has 1 N–H and O–H groups in total. The second kappa shape index (κ2) is 11.6. The van der Waals surface area contributed by atoms with Crippen molar-refractivity contribution in [2.45, 2.75) is 30.7 Å². The molecular weight excluding hydrogens is 522 g/mol. The van der Waals surface area contributed by atoms with Crippen LogP contribution in [0.5, 0.6) is 0 Å². The van der Waals surface area contributed by atoms with Crippen molar-refractivity contribution >= 4 is 32.9 Å². The molecule has 0 aliphatic carbocycles. The lowest BCUT2D eigenvalue weighted by atomic mass is 10.0. The van der Waals surface area contributed by atoms with Gasteiger partial charge in [-0.3, -0.25) is 9.78 Å². The third-order valence-corrected chi connectivity index (χ3v) is 8.81. The summed E-state index contributed by atoms with van der Waals surface area (Å²) < 4.78 is 38.5. The Balaban J connectivity index is 1.47. The van der Waals surface area contributed by atoms with Crippen molar-refractivity contribution in [1.82, 2.24) is 24.5 Å². The van der Waals surface area contributed by atoms with Crippen LogP contribution >= 0.6 is 0 Å². The largest absolute Gasteiger partial charge is 0.450 e. The van der Waals surface area contributed by atoms with Crippen molar-refractivity contribution in [3.63, 3.8) is 0 Å². The van der Waals surface area contributed by atoms with E-state index >= 15 is 0 Å². The second-order valence-corrected chi connectivity index (χ2v) is 11.3. The fourth-order valence-electron chi connectivity index (χ4n) is 4.82. The number of sulfonamides is 1. The van der Waals surface area contributed by atoms with Gasteiger partial charge in [0.1, 0.15) is 0 Å². The molecule has 2 amide bonds. The number of amides is 2. The zero-order valence-electron chi connectivity index (χ0n) is 21.7. The van der Waals surface area contributed by atoms with Crippen molar-refractivity contribution in [3.05, 3.63) is 54.2 Å². The van der Waals surface area contributed by atoms with E-state index in [0.29, 0.717) is 73.6 Å². The van der Waals surface area contributed by atoms with Gasteiger partial charge >= 0.3 is 6.09 Å². The molecule has 2 saturated heterocycles. The van der Waals surface area contributed by atoms with Crippen molar-refractivity contribution in [2.24, 2.45) is 0 Å². The highest BCUT2D eigenvalue weighted by molar-refractivity contribution is 7.89. The number of fused-ring (bicyclic) bond motifs is 1. The first-order valence-electron chi connectivity index (χ1n) is 13.0. The summed E-state index contributed by atoms with van der Waals surface area (Å²) in [6.07, 6.45) is 2.46. The molecule has 0 unspecified atom stereocenters. The Bertz CT molecular complexity index is 1450. The molecule has 0 atom stereocenters. The molecule has 0 spiro atoms. The molecule has 39 heavy (non-hydrogen) atoms. The summed E-state index contributed by atoms with van der Waals surface area (Å²) in [7, 11) is -3.77. The van der Waals surface area contributed by atoms with E-state index in [0.717, 1.165) is 0 Å². The summed E-state index contributed by atoms with van der Waals surface area (Å²) in [6.45, 7) is 4.25. The van der Waals surface area contributed by atoms with Crippen LogP contribution in [0.2, 0.25) is 0 Å². The first-order chi connectivity index (χ1) is 18.9. The van der Waals surface area contributed by atoms with E-state index in [1.807, 2.05) is 6.07 Å². The number of carbonyl (C=O) groups excluding carboxylic acids is 2. The van der Waals surface area contributed by atoms with Crippen LogP contribution in [0.3, 0.4) is 0 Å². The second-order valence-electron chi connectivity index (χ2n) is 9.40. The van der Waals surface area contributed by atoms with E-state index in [-0.39, 0.29) is 36.0 Å². The van der Waals surface area contributed by atoms with Crippen LogP contribution in [0.15, 0.2) is 53.6 Å². The highest BCUT2D eigenvalue weighted by Gasteiger charge is 2.29. The smallest absolute Gasteiger partial charge is 0.409 e. The molecule has 11 nitrogen and oxygen atoms in total. The maximum atomic E-state index is 13.7. The van der Waals surface area contributed by atoms with E-state index in [2.05, 4.69) is 15.3 Å². The molecule has 2 aromatic heterocycles. The standard InChI is InChI=1S/C27H31N5O6S/c1-2-38-27(34)31-11-8-19(9-12-31)29-26(33)22-18-25(24-5-3-4-10-28-24)30-23-7-6-20(17-21(22)23)39(35,36)32-13-15-37-16-14-32/h3-7,10,17-19H,2,8-9,11-16H2,1H3,(H,29,33). The summed E-state index contributed by atoms with van der Waals surface area (Å²) in [5, 5.41) is 3.51. The maximum Gasteiger partial charge on any atom is 0.409 e. The van der Waals surface area contributed by atoms with Gasteiger partial charge in [0.25, 0.3) is 5.91 Å². The fraction of sp³-hybridized carbons (Fsp3) is 0.407. The molecule has 1 aromatic carbocycles. The summed E-state index contributed by atoms with van der Waals surface area (Å²) in [5.41, 5.74) is 1.91. The number of carbonyl (C=O) groups is 2. The number of rotatable bonds is 6. The van der Waals surface area contributed by atoms with Crippen molar-refractivity contribution in [2.75, 3.05) is 46.0 Å². The van der Waals surface area contributed by atoms with Crippen molar-refractivity contribution in [1.29, 1.82) is 0 Å². The first-order valence-corrected chi connectivity index (χ1v) is 14.5. The van der Waals surface area contributed by atoms with Gasteiger partial charge in [-0.15, -0.1) is 0 Å². The fourth-order valence-corrected chi connectivity index (χ4v) is 6.25. The topological polar surface area (TPSA) is 131 Å². The Morgan fingerprint density at radius 1 is 1.05 bits per heavy atom. The van der Waals surface area contributed by atoms with Crippen LogP contribution in [0.1, 0.15) is 30.1 Å². The number of piperidine rings is 1. The van der Waals surface area contributed by atoms with Crippen LogP contribution in [0, 0.1) is 0 Å². The number of hydrogen-bond donors (Lipinski definition) is 1. The number of pyridine rings is 2. The average molecular weight is 554 g/mol. The number of aromatic nitrogens is 2. The molecule has 4 heterocycles. The third-order valence-electron chi connectivity index (χ3n) is 6.92. The molecule has 5 rings (SSSR count). The molecule has 0 radical (unpaired) electrons. The third kappa shape index (κ3) is 5.87. The highest BCUT2D eigenvalue weighted by atomic mass is 32.2. The van der Waals surface area contributed by atoms with E-state index in [1.54, 1.807) is 42.3 Å². The van der Waals surface area contributed by atoms with Crippen LogP contribution in [0.4, 0.5) is 4.79 Å². The number of nitrogens with zero attached hydrogens (tertiary/aromatic N) is 4. The zero-order valence-corrected chi connectivity index (χ0v) is 22.5. The van der Waals surface area contributed by atoms with Gasteiger partial charge in [-0.05, 0) is 56.2 Å². The van der Waals surface area contributed by atoms with Crippen LogP contribution in [-0.4, -0.2) is 91.6 Å². The summed E-state index contributed by atoms with van der Waals surface area (Å²) in [4.78, 5) is 36.5. The molecule has 0 bridgehead atoms. The zero-order chi connectivity index (χ0) is 27.4. The number of morpholine rings is 1. The minimum atomic E-state index is -3.77. The Morgan fingerprint density at radius 2 is 1.82 bits per heavy atom. The van der Waals surface area contributed by atoms with Crippen molar-refractivity contribution in [3.8, 4) is 11.4 Å². The van der Waals surface area contributed by atoms with Gasteiger partial charge in [-0.25, -0.2) is 18.2 Å². The quantitative estimate of drug-likeness (QED) is 0.493. The first kappa shape index (κ1) is 27.0. The Kier molecular flexibility index (Phi) is 8.05. The van der Waals surface area contributed by atoms with E-state index < -0.39 is 10.0 Å². The molecule has 0 saturated carbocycles. The number of benzene rings is 1. The molecule has 2 aliphatic rings. The van der Waals surface area contributed by atoms with E-state index in [9.17, 15) is 18.0 Å². The minimum Gasteiger partial charge on any atom is -0.450 e. The molecular formula is C27H31N5O6S. The van der Waals surface area contributed by atoms with Gasteiger partial charge in [0.15, 0.2) is 0 Å². The molecule has 206 valence electrons. The average Bonchev–Trinajstić information content (AvgIpc) is 2.97. The normalized spacial score (nSPS) is 17.2. The Hall–Kier alpha value is -3.61. The molecule has 12 heteroatoms. The lowest BCUT2D eigenvalue weighted by Gasteiger charge is -2.31. The van der Waals surface area contributed by atoms with Crippen LogP contribution < -0.4 is 5.32 Å². The highest BCUT2D eigenvalue weighted by Crippen LogP contribution is 2.28. The molecule has 3 aromatic rings. The predicted octanol–water partition coefficient (Wildman–Crippen LogP) is 2.67. The number of ether oxygens (including phenoxy) is 2. The van der Waals surface area contributed by atoms with Gasteiger partial charge in [0.05, 0.1) is 47.2 Å². The van der Waals surface area contributed by atoms with Crippen molar-refractivity contribution < 1.29 is 27.5 Å². The van der Waals surface area contributed by atoms with Crippen LogP contribution in [0.25, 0.3) is 22.3 Å². The monoisotopic (exact) mass is 553 g/mol. The summed E-state index contributed by atoms with van der Waals surface area (Å²) >= 11 is 0. The van der Waals surface area contributed by atoms with Crippen LogP contribution in [-0.2, 0) is 19.5 Å². The summed E-state index contributed by atoms with van der Waals surface area (Å²) in [5.74, 6) is -0.338. The van der Waals surface area contributed by atoms with Gasteiger partial charge in [0, 0.05) is 43.8 Å². The lowest BCUT2D eigenvalue weighted by Crippen LogP contribution is -2.46. The maximum absolute atomic E-state index is 13.7. The minimum absolute atomic E-state index is 0.0982.